The molecule has 1 saturated heterocycles. The molecule has 2 bridgehead atoms. The summed E-state index contributed by atoms with van der Waals surface area (Å²) in [6.07, 6.45) is 1.60. The number of methoxy groups -OCH3 is 2. The number of aliphatic hydroxyl groups is 1. The highest BCUT2D eigenvalue weighted by atomic mass is 16.7. The molecule has 0 unspecified atom stereocenters. The van der Waals surface area contributed by atoms with Crippen molar-refractivity contribution in [2.45, 2.75) is 57.5 Å². The molecule has 0 amide bonds. The molecule has 2 fully saturated rings. The minimum absolute atomic E-state index is 0.0752. The van der Waals surface area contributed by atoms with Crippen LogP contribution in [0.25, 0.3) is 0 Å². The largest absolute Gasteiger partial charge is 0.455 e. The highest BCUT2D eigenvalue weighted by Gasteiger charge is 2.75. The zero-order valence-corrected chi connectivity index (χ0v) is 15.1. The Hall–Kier alpha value is -0.950. The van der Waals surface area contributed by atoms with Crippen LogP contribution in [0.2, 0.25) is 0 Å². The summed E-state index contributed by atoms with van der Waals surface area (Å²) in [4.78, 5) is 12.7. The molecule has 136 valence electrons. The normalized spacial score (nSPS) is 45.8. The van der Waals surface area contributed by atoms with Crippen molar-refractivity contribution in [3.05, 3.63) is 11.6 Å². The third-order valence-electron chi connectivity index (χ3n) is 6.10. The van der Waals surface area contributed by atoms with Crippen LogP contribution in [-0.2, 0) is 23.7 Å². The second kappa shape index (κ2) is 6.09. The van der Waals surface area contributed by atoms with Gasteiger partial charge in [0.05, 0.1) is 12.0 Å². The van der Waals surface area contributed by atoms with Gasteiger partial charge in [-0.2, -0.15) is 0 Å². The van der Waals surface area contributed by atoms with Gasteiger partial charge >= 0.3 is 5.97 Å². The molecule has 1 heterocycles. The number of hydrogen-bond donors (Lipinski definition) is 1. The summed E-state index contributed by atoms with van der Waals surface area (Å²) in [5.41, 5.74) is -0.110. The third-order valence-corrected chi connectivity index (χ3v) is 6.10. The molecule has 3 aliphatic rings. The summed E-state index contributed by atoms with van der Waals surface area (Å²) in [5, 5.41) is 10.9. The molecule has 6 nitrogen and oxygen atoms in total. The summed E-state index contributed by atoms with van der Waals surface area (Å²) in [6, 6.07) is 0. The van der Waals surface area contributed by atoms with Crippen LogP contribution in [0.3, 0.4) is 0 Å². The summed E-state index contributed by atoms with van der Waals surface area (Å²) in [7, 11) is 3.15. The molecular formula is C18H28O6. The first-order valence-electron chi connectivity index (χ1n) is 8.50. The zero-order chi connectivity index (χ0) is 17.7. The molecule has 2 aliphatic carbocycles. The van der Waals surface area contributed by atoms with Gasteiger partial charge in [-0.3, -0.25) is 4.79 Å². The molecule has 0 aromatic rings. The van der Waals surface area contributed by atoms with E-state index in [-0.39, 0.29) is 30.2 Å². The van der Waals surface area contributed by atoms with E-state index in [9.17, 15) is 9.90 Å². The highest BCUT2D eigenvalue weighted by molar-refractivity contribution is 5.78. The highest BCUT2D eigenvalue weighted by Crippen LogP contribution is 2.66. The Kier molecular flexibility index (Phi) is 4.53. The quantitative estimate of drug-likeness (QED) is 0.477. The molecule has 6 atom stereocenters. The van der Waals surface area contributed by atoms with Crippen LogP contribution in [0, 0.1) is 17.3 Å². The summed E-state index contributed by atoms with van der Waals surface area (Å²) in [6.45, 7) is 6.14. The van der Waals surface area contributed by atoms with Gasteiger partial charge in [-0.25, -0.2) is 0 Å². The van der Waals surface area contributed by atoms with Gasteiger partial charge in [0.2, 0.25) is 0 Å². The van der Waals surface area contributed by atoms with Crippen LogP contribution in [-0.4, -0.2) is 56.0 Å². The van der Waals surface area contributed by atoms with Crippen molar-refractivity contribution < 1.29 is 28.8 Å². The number of carbonyl (C=O) groups is 1. The minimum atomic E-state index is -0.846. The average Bonchev–Trinajstić information content (AvgIpc) is 2.77. The molecule has 0 aromatic heterocycles. The lowest BCUT2D eigenvalue weighted by Gasteiger charge is -2.59. The first-order chi connectivity index (χ1) is 11.3. The predicted octanol–water partition coefficient (Wildman–Crippen LogP) is 1.66. The van der Waals surface area contributed by atoms with Crippen molar-refractivity contribution in [1.82, 2.24) is 0 Å². The fourth-order valence-electron chi connectivity index (χ4n) is 5.02. The van der Waals surface area contributed by atoms with Crippen molar-refractivity contribution >= 4 is 5.97 Å². The Morgan fingerprint density at radius 3 is 2.67 bits per heavy atom. The SMILES string of the molecule is COCO[C@@H]1[C@H]2C(=O)O[C@]3([C@@H]2CC3(C)C)[C@@H](O)C/C(C)=C/[C@H]1OC. The third kappa shape index (κ3) is 2.35. The molecule has 6 heteroatoms. The van der Waals surface area contributed by atoms with Crippen LogP contribution >= 0.6 is 0 Å². The first kappa shape index (κ1) is 17.9. The Morgan fingerprint density at radius 2 is 2.08 bits per heavy atom. The van der Waals surface area contributed by atoms with Gasteiger partial charge in [0.1, 0.15) is 24.6 Å². The van der Waals surface area contributed by atoms with Crippen molar-refractivity contribution in [2.24, 2.45) is 17.3 Å². The van der Waals surface area contributed by atoms with Crippen molar-refractivity contribution in [1.29, 1.82) is 0 Å². The fraction of sp³-hybridized carbons (Fsp3) is 0.833. The monoisotopic (exact) mass is 340 g/mol. The lowest BCUT2D eigenvalue weighted by atomic mass is 9.47. The second-order valence-electron chi connectivity index (χ2n) is 7.91. The maximum absolute atomic E-state index is 12.7. The first-order valence-corrected chi connectivity index (χ1v) is 8.50. The number of aliphatic hydroxyl groups excluding tert-OH is 1. The molecule has 0 aromatic carbocycles. The maximum Gasteiger partial charge on any atom is 0.312 e. The van der Waals surface area contributed by atoms with Gasteiger partial charge in [0.15, 0.2) is 0 Å². The summed E-state index contributed by atoms with van der Waals surface area (Å²) >= 11 is 0. The lowest BCUT2D eigenvalue weighted by molar-refractivity contribution is -0.241. The molecule has 1 saturated carbocycles. The number of esters is 1. The Balaban J connectivity index is 2.06. The molecular weight excluding hydrogens is 312 g/mol. The molecule has 1 N–H and O–H groups in total. The van der Waals surface area contributed by atoms with E-state index in [2.05, 4.69) is 13.8 Å². The van der Waals surface area contributed by atoms with Gasteiger partial charge in [0.25, 0.3) is 0 Å². The number of rotatable bonds is 4. The van der Waals surface area contributed by atoms with Crippen LogP contribution in [0.1, 0.15) is 33.6 Å². The topological polar surface area (TPSA) is 74.2 Å². The number of hydrogen-bond acceptors (Lipinski definition) is 6. The van der Waals surface area contributed by atoms with E-state index in [1.54, 1.807) is 14.2 Å². The number of ether oxygens (including phenoxy) is 4. The van der Waals surface area contributed by atoms with Crippen molar-refractivity contribution in [3.8, 4) is 0 Å². The molecule has 1 aliphatic heterocycles. The second-order valence-corrected chi connectivity index (χ2v) is 7.91. The van der Waals surface area contributed by atoms with E-state index in [1.807, 2.05) is 13.0 Å². The average molecular weight is 340 g/mol. The van der Waals surface area contributed by atoms with E-state index in [0.29, 0.717) is 6.42 Å². The van der Waals surface area contributed by atoms with Crippen LogP contribution in [0.15, 0.2) is 11.6 Å². The Bertz CT molecular complexity index is 542. The Morgan fingerprint density at radius 1 is 1.38 bits per heavy atom. The van der Waals surface area contributed by atoms with Crippen molar-refractivity contribution in [3.63, 3.8) is 0 Å². The Labute approximate surface area is 143 Å². The van der Waals surface area contributed by atoms with E-state index in [1.165, 1.54) is 0 Å². The van der Waals surface area contributed by atoms with Gasteiger partial charge < -0.3 is 24.1 Å². The molecule has 0 spiro atoms. The van der Waals surface area contributed by atoms with Gasteiger partial charge in [0, 0.05) is 25.6 Å². The summed E-state index contributed by atoms with van der Waals surface area (Å²) < 4.78 is 22.4. The zero-order valence-electron chi connectivity index (χ0n) is 15.1. The standard InChI is InChI=1S/C18H28O6/c1-10-6-12(22-5)15(23-9-21-4)14-11-8-17(2,3)18(11,13(19)7-10)24-16(14)20/h6,11-15,19H,7-9H2,1-5H3/b10-6+/t11-,12-,13+,14+,15+,18-/m1/s1. The molecule has 24 heavy (non-hydrogen) atoms. The van der Waals surface area contributed by atoms with E-state index >= 15 is 0 Å². The maximum atomic E-state index is 12.7. The van der Waals surface area contributed by atoms with Gasteiger partial charge in [-0.1, -0.05) is 25.5 Å². The molecule has 0 radical (unpaired) electrons. The number of carbonyl (C=O) groups excluding carboxylic acids is 1. The molecule has 3 rings (SSSR count). The predicted molar refractivity (Wildman–Crippen MR) is 86.1 cm³/mol. The van der Waals surface area contributed by atoms with E-state index in [0.717, 1.165) is 12.0 Å². The smallest absolute Gasteiger partial charge is 0.312 e. The van der Waals surface area contributed by atoms with E-state index < -0.39 is 23.7 Å². The van der Waals surface area contributed by atoms with Gasteiger partial charge in [-0.15, -0.1) is 0 Å². The van der Waals surface area contributed by atoms with Crippen LogP contribution in [0.4, 0.5) is 0 Å². The lowest BCUT2D eigenvalue weighted by Crippen LogP contribution is -2.67. The fourth-order valence-corrected chi connectivity index (χ4v) is 5.02. The van der Waals surface area contributed by atoms with Crippen LogP contribution < -0.4 is 0 Å². The van der Waals surface area contributed by atoms with Gasteiger partial charge in [-0.05, 0) is 19.8 Å². The summed E-state index contributed by atoms with van der Waals surface area (Å²) in [5.74, 6) is -0.843. The van der Waals surface area contributed by atoms with E-state index in [4.69, 9.17) is 18.9 Å². The van der Waals surface area contributed by atoms with Crippen molar-refractivity contribution in [2.75, 3.05) is 21.0 Å². The minimum Gasteiger partial charge on any atom is -0.455 e. The van der Waals surface area contributed by atoms with Crippen LogP contribution in [0.5, 0.6) is 0 Å².